The highest BCUT2D eigenvalue weighted by Gasteiger charge is 2.46. The molecule has 0 bridgehead atoms. The fourth-order valence-electron chi connectivity index (χ4n) is 5.09. The van der Waals surface area contributed by atoms with Crippen molar-refractivity contribution in [3.8, 4) is 11.5 Å². The largest absolute Gasteiger partial charge is 0.493 e. The summed E-state index contributed by atoms with van der Waals surface area (Å²) in [6.45, 7) is 0.615. The summed E-state index contributed by atoms with van der Waals surface area (Å²) >= 11 is 6.17. The van der Waals surface area contributed by atoms with E-state index in [1.807, 2.05) is 24.3 Å². The minimum Gasteiger partial charge on any atom is -0.493 e. The quantitative estimate of drug-likeness (QED) is 0.560. The Morgan fingerprint density at radius 1 is 1.09 bits per heavy atom. The first kappa shape index (κ1) is 23.2. The molecule has 2 aliphatic heterocycles. The number of fused-ring (bicyclic) bond motifs is 4. The van der Waals surface area contributed by atoms with E-state index in [4.69, 9.17) is 21.1 Å². The summed E-state index contributed by atoms with van der Waals surface area (Å²) in [5.41, 5.74) is 3.66. The summed E-state index contributed by atoms with van der Waals surface area (Å²) in [5, 5.41) is 3.20. The van der Waals surface area contributed by atoms with Crippen molar-refractivity contribution in [1.29, 1.82) is 0 Å². The number of amides is 2. The van der Waals surface area contributed by atoms with E-state index in [0.717, 1.165) is 11.1 Å². The second-order valence-electron chi connectivity index (χ2n) is 8.62. The molecule has 0 aromatic heterocycles. The maximum Gasteiger partial charge on any atom is 0.254 e. The Morgan fingerprint density at radius 2 is 1.83 bits per heavy atom. The number of rotatable bonds is 5. The van der Waals surface area contributed by atoms with E-state index < -0.39 is 17.8 Å². The Kier molecular flexibility index (Phi) is 6.11. The molecule has 0 saturated carbocycles. The van der Waals surface area contributed by atoms with Gasteiger partial charge in [-0.1, -0.05) is 35.9 Å². The predicted octanol–water partition coefficient (Wildman–Crippen LogP) is 4.65. The highest BCUT2D eigenvalue weighted by Crippen LogP contribution is 2.48. The molecule has 3 aromatic carbocycles. The Bertz CT molecular complexity index is 1330. The molecular weight excluding hydrogens is 471 g/mol. The highest BCUT2D eigenvalue weighted by atomic mass is 35.5. The molecule has 1 N–H and O–H groups in total. The SMILES string of the molecule is COc1cc2c(cc1OC)[C@H]1[C@H](C(=O)NCc3ccc(F)cc3Cl)c3ccccc3C(=O)N1CC2. The number of nitrogens with one attached hydrogen (secondary N) is 1. The lowest BCUT2D eigenvalue weighted by Crippen LogP contribution is -2.50. The molecule has 2 atom stereocenters. The second-order valence-corrected chi connectivity index (χ2v) is 9.03. The van der Waals surface area contributed by atoms with Gasteiger partial charge in [0.1, 0.15) is 5.82 Å². The van der Waals surface area contributed by atoms with Gasteiger partial charge in [0.15, 0.2) is 11.5 Å². The third-order valence-corrected chi connectivity index (χ3v) is 7.13. The van der Waals surface area contributed by atoms with Gasteiger partial charge in [-0.3, -0.25) is 9.59 Å². The van der Waals surface area contributed by atoms with Crippen molar-refractivity contribution in [3.63, 3.8) is 0 Å². The number of benzene rings is 3. The summed E-state index contributed by atoms with van der Waals surface area (Å²) in [6.07, 6.45) is 0.639. The van der Waals surface area contributed by atoms with E-state index >= 15 is 0 Å². The number of carbonyl (C=O) groups excluding carboxylic acids is 2. The van der Waals surface area contributed by atoms with Gasteiger partial charge in [0.25, 0.3) is 5.91 Å². The van der Waals surface area contributed by atoms with Crippen LogP contribution >= 0.6 is 11.6 Å². The summed E-state index contributed by atoms with van der Waals surface area (Å²) in [6, 6.07) is 14.6. The van der Waals surface area contributed by atoms with Crippen LogP contribution in [0.1, 0.15) is 44.6 Å². The molecular formula is C27H24ClFN2O4. The lowest BCUT2D eigenvalue weighted by Gasteiger charge is -2.45. The lowest BCUT2D eigenvalue weighted by atomic mass is 9.75. The minimum absolute atomic E-state index is 0.100. The maximum atomic E-state index is 13.7. The Hall–Kier alpha value is -3.58. The molecule has 0 radical (unpaired) electrons. The van der Waals surface area contributed by atoms with Crippen molar-refractivity contribution in [2.45, 2.75) is 24.9 Å². The zero-order chi connectivity index (χ0) is 24.7. The molecule has 0 spiro atoms. The van der Waals surface area contributed by atoms with Crippen LogP contribution in [0.4, 0.5) is 4.39 Å². The van der Waals surface area contributed by atoms with Gasteiger partial charge < -0.3 is 19.7 Å². The zero-order valence-corrected chi connectivity index (χ0v) is 20.1. The van der Waals surface area contributed by atoms with Gasteiger partial charge in [-0.15, -0.1) is 0 Å². The van der Waals surface area contributed by atoms with Crippen molar-refractivity contribution in [1.82, 2.24) is 10.2 Å². The smallest absolute Gasteiger partial charge is 0.254 e. The first-order valence-corrected chi connectivity index (χ1v) is 11.7. The molecule has 2 amide bonds. The van der Waals surface area contributed by atoms with Crippen molar-refractivity contribution in [3.05, 3.63) is 93.3 Å². The van der Waals surface area contributed by atoms with Crippen LogP contribution in [0.25, 0.3) is 0 Å². The molecule has 2 aliphatic rings. The van der Waals surface area contributed by atoms with E-state index in [1.165, 1.54) is 12.1 Å². The predicted molar refractivity (Wildman–Crippen MR) is 129 cm³/mol. The molecule has 6 nitrogen and oxygen atoms in total. The van der Waals surface area contributed by atoms with Crippen LogP contribution in [0.5, 0.6) is 11.5 Å². The van der Waals surface area contributed by atoms with Gasteiger partial charge in [-0.25, -0.2) is 4.39 Å². The van der Waals surface area contributed by atoms with E-state index in [-0.39, 0.29) is 23.4 Å². The third kappa shape index (κ3) is 4.00. The van der Waals surface area contributed by atoms with Gasteiger partial charge in [0, 0.05) is 23.7 Å². The fourth-order valence-corrected chi connectivity index (χ4v) is 5.33. The van der Waals surface area contributed by atoms with Crippen molar-refractivity contribution in [2.24, 2.45) is 0 Å². The standard InChI is InChI=1S/C27H24ClFN2O4/c1-34-22-11-15-9-10-31-25(20(15)13-23(22)35-2)24(18-5-3-4-6-19(18)27(31)33)26(32)30-14-16-7-8-17(29)12-21(16)28/h3-8,11-13,24-25H,9-10,14H2,1-2H3,(H,30,32)/t24-,25+/m1/s1. The summed E-state index contributed by atoms with van der Waals surface area (Å²) in [7, 11) is 3.14. The molecule has 35 heavy (non-hydrogen) atoms. The minimum atomic E-state index is -0.653. The third-order valence-electron chi connectivity index (χ3n) is 6.78. The van der Waals surface area contributed by atoms with Crippen molar-refractivity contribution >= 4 is 23.4 Å². The van der Waals surface area contributed by atoms with Crippen LogP contribution in [0, 0.1) is 5.82 Å². The topological polar surface area (TPSA) is 67.9 Å². The molecule has 5 rings (SSSR count). The van der Waals surface area contributed by atoms with Gasteiger partial charge in [-0.05, 0) is 59.0 Å². The monoisotopic (exact) mass is 494 g/mol. The molecule has 3 aromatic rings. The van der Waals surface area contributed by atoms with E-state index in [2.05, 4.69) is 5.32 Å². The van der Waals surface area contributed by atoms with Crippen LogP contribution in [-0.4, -0.2) is 37.5 Å². The van der Waals surface area contributed by atoms with Crippen molar-refractivity contribution in [2.75, 3.05) is 20.8 Å². The molecule has 8 heteroatoms. The first-order valence-electron chi connectivity index (χ1n) is 11.3. The summed E-state index contributed by atoms with van der Waals surface area (Å²) in [5.74, 6) is -0.297. The van der Waals surface area contributed by atoms with Crippen LogP contribution in [0.15, 0.2) is 54.6 Å². The Balaban J connectivity index is 1.57. The van der Waals surface area contributed by atoms with E-state index in [1.54, 1.807) is 37.3 Å². The number of ether oxygens (including phenoxy) is 2. The highest BCUT2D eigenvalue weighted by molar-refractivity contribution is 6.31. The fraction of sp³-hybridized carbons (Fsp3) is 0.259. The molecule has 0 saturated heterocycles. The van der Waals surface area contributed by atoms with Gasteiger partial charge in [0.05, 0.1) is 26.2 Å². The van der Waals surface area contributed by atoms with Crippen molar-refractivity contribution < 1.29 is 23.5 Å². The Labute approximate surface area is 207 Å². The normalized spacial score (nSPS) is 18.3. The van der Waals surface area contributed by atoms with Gasteiger partial charge in [-0.2, -0.15) is 0 Å². The van der Waals surface area contributed by atoms with Crippen LogP contribution in [0.2, 0.25) is 5.02 Å². The maximum absolute atomic E-state index is 13.7. The van der Waals surface area contributed by atoms with E-state index in [9.17, 15) is 14.0 Å². The Morgan fingerprint density at radius 3 is 2.57 bits per heavy atom. The molecule has 180 valence electrons. The number of hydrogen-bond donors (Lipinski definition) is 1. The van der Waals surface area contributed by atoms with Crippen LogP contribution in [-0.2, 0) is 17.8 Å². The summed E-state index contributed by atoms with van der Waals surface area (Å²) in [4.78, 5) is 29.0. The number of halogens is 2. The molecule has 0 unspecified atom stereocenters. The average Bonchev–Trinajstić information content (AvgIpc) is 2.87. The number of carbonyl (C=O) groups is 2. The second kappa shape index (κ2) is 9.23. The zero-order valence-electron chi connectivity index (χ0n) is 19.3. The van der Waals surface area contributed by atoms with Gasteiger partial charge >= 0.3 is 0 Å². The van der Waals surface area contributed by atoms with Crippen LogP contribution < -0.4 is 14.8 Å². The number of hydrogen-bond acceptors (Lipinski definition) is 4. The van der Waals surface area contributed by atoms with Gasteiger partial charge in [0.2, 0.25) is 5.91 Å². The average molecular weight is 495 g/mol. The molecule has 0 fully saturated rings. The summed E-state index contributed by atoms with van der Waals surface area (Å²) < 4.78 is 24.5. The molecule has 0 aliphatic carbocycles. The number of nitrogens with zero attached hydrogens (tertiary/aromatic N) is 1. The van der Waals surface area contributed by atoms with Crippen LogP contribution in [0.3, 0.4) is 0 Å². The molecule has 2 heterocycles. The van der Waals surface area contributed by atoms with E-state index in [0.29, 0.717) is 41.2 Å². The lowest BCUT2D eigenvalue weighted by molar-refractivity contribution is -0.124. The first-order chi connectivity index (χ1) is 16.9. The number of methoxy groups -OCH3 is 2.